The van der Waals surface area contributed by atoms with Gasteiger partial charge in [0, 0.05) is 23.8 Å². The van der Waals surface area contributed by atoms with Crippen molar-refractivity contribution in [3.05, 3.63) is 24.0 Å². The number of aromatic nitrogens is 2. The Bertz CT molecular complexity index is 901. The van der Waals surface area contributed by atoms with Crippen molar-refractivity contribution < 1.29 is 17.9 Å². The molecule has 2 aromatic heterocycles. The van der Waals surface area contributed by atoms with E-state index in [-0.39, 0.29) is 17.7 Å². The zero-order valence-electron chi connectivity index (χ0n) is 15.6. The predicted molar refractivity (Wildman–Crippen MR) is 104 cm³/mol. The maximum Gasteiger partial charge on any atom is 0.341 e. The van der Waals surface area contributed by atoms with Crippen molar-refractivity contribution >= 4 is 32.7 Å². The molecule has 1 fully saturated rings. The third kappa shape index (κ3) is 4.59. The van der Waals surface area contributed by atoms with Gasteiger partial charge in [-0.15, -0.1) is 0 Å². The van der Waals surface area contributed by atoms with Gasteiger partial charge in [-0.25, -0.2) is 22.9 Å². The largest absolute Gasteiger partial charge is 0.462 e. The fraction of sp³-hybridized carbons (Fsp3) is 0.556. The molecule has 2 heterocycles. The van der Waals surface area contributed by atoms with E-state index in [9.17, 15) is 13.2 Å². The number of H-pyrrole nitrogens is 1. The highest BCUT2D eigenvalue weighted by molar-refractivity contribution is 7.89. The van der Waals surface area contributed by atoms with Crippen molar-refractivity contribution in [3.63, 3.8) is 0 Å². The Hall–Kier alpha value is -2.13. The average molecular weight is 394 g/mol. The lowest BCUT2D eigenvalue weighted by molar-refractivity contribution is 0.0527. The molecule has 0 spiro atoms. The first-order valence-corrected chi connectivity index (χ1v) is 10.9. The molecule has 0 radical (unpaired) electrons. The summed E-state index contributed by atoms with van der Waals surface area (Å²) in [5.41, 5.74) is 1.86. The lowest BCUT2D eigenvalue weighted by Gasteiger charge is -2.30. The van der Waals surface area contributed by atoms with Gasteiger partial charge in [-0.05, 0) is 51.6 Å². The Labute approximate surface area is 159 Å². The quantitative estimate of drug-likeness (QED) is 0.621. The zero-order valence-corrected chi connectivity index (χ0v) is 16.4. The van der Waals surface area contributed by atoms with Gasteiger partial charge in [0.1, 0.15) is 11.2 Å². The number of sulfonamides is 1. The summed E-state index contributed by atoms with van der Waals surface area (Å²) in [7, 11) is -1.74. The van der Waals surface area contributed by atoms with Crippen molar-refractivity contribution in [1.29, 1.82) is 0 Å². The Kier molecular flexibility index (Phi) is 6.01. The Morgan fingerprint density at radius 3 is 2.74 bits per heavy atom. The van der Waals surface area contributed by atoms with Crippen LogP contribution in [-0.4, -0.2) is 49.8 Å². The van der Waals surface area contributed by atoms with Crippen LogP contribution in [0.2, 0.25) is 0 Å². The Morgan fingerprint density at radius 2 is 2.07 bits per heavy atom. The smallest absolute Gasteiger partial charge is 0.341 e. The van der Waals surface area contributed by atoms with Crippen LogP contribution in [0.5, 0.6) is 0 Å². The van der Waals surface area contributed by atoms with Gasteiger partial charge in [0.15, 0.2) is 0 Å². The molecule has 1 aliphatic carbocycles. The van der Waals surface area contributed by atoms with E-state index >= 15 is 0 Å². The summed E-state index contributed by atoms with van der Waals surface area (Å²) in [6.45, 7) is 2.07. The number of carbonyl (C=O) groups excluding carboxylic acids is 1. The van der Waals surface area contributed by atoms with E-state index in [2.05, 4.69) is 20.0 Å². The number of pyridine rings is 1. The second kappa shape index (κ2) is 8.26. The van der Waals surface area contributed by atoms with Crippen LogP contribution in [0.25, 0.3) is 11.0 Å². The molecule has 148 valence electrons. The summed E-state index contributed by atoms with van der Waals surface area (Å²) in [6.07, 6.45) is 6.67. The number of esters is 1. The standard InChI is InChI=1S/C18H26N4O4S/c1-3-26-18(23)15-10-21-17-14(8-9-20-17)16(15)22-13-6-4-12(5-7-13)11-27(24,25)19-2/h8-10,12-13,19H,3-7,11H2,1-2H3,(H2,20,21,22)/t12-,13-. The third-order valence-electron chi connectivity index (χ3n) is 5.04. The summed E-state index contributed by atoms with van der Waals surface area (Å²) in [6, 6.07) is 2.06. The number of carbonyl (C=O) groups is 1. The minimum absolute atomic E-state index is 0.162. The summed E-state index contributed by atoms with van der Waals surface area (Å²) < 4.78 is 31.0. The number of hydrogen-bond donors (Lipinski definition) is 3. The molecule has 8 nitrogen and oxygen atoms in total. The average Bonchev–Trinajstić information content (AvgIpc) is 3.13. The highest BCUT2D eigenvalue weighted by Crippen LogP contribution is 2.32. The molecule has 0 saturated heterocycles. The molecule has 0 unspecified atom stereocenters. The second-order valence-electron chi connectivity index (χ2n) is 6.85. The van der Waals surface area contributed by atoms with Crippen molar-refractivity contribution in [2.45, 2.75) is 38.6 Å². The molecule has 0 aliphatic heterocycles. The molecule has 0 amide bonds. The molecule has 3 N–H and O–H groups in total. The van der Waals surface area contributed by atoms with Gasteiger partial charge in [-0.2, -0.15) is 0 Å². The predicted octanol–water partition coefficient (Wildman–Crippen LogP) is 2.26. The van der Waals surface area contributed by atoms with E-state index in [0.717, 1.165) is 36.8 Å². The number of nitrogens with one attached hydrogen (secondary N) is 3. The summed E-state index contributed by atoms with van der Waals surface area (Å²) in [4.78, 5) is 19.7. The van der Waals surface area contributed by atoms with E-state index in [4.69, 9.17) is 4.74 Å². The lowest BCUT2D eigenvalue weighted by Crippen LogP contribution is -2.32. The van der Waals surface area contributed by atoms with E-state index < -0.39 is 16.0 Å². The zero-order chi connectivity index (χ0) is 19.4. The fourth-order valence-electron chi connectivity index (χ4n) is 3.60. The van der Waals surface area contributed by atoms with E-state index in [1.807, 2.05) is 6.07 Å². The van der Waals surface area contributed by atoms with E-state index in [0.29, 0.717) is 17.8 Å². The van der Waals surface area contributed by atoms with E-state index in [1.165, 1.54) is 13.2 Å². The van der Waals surface area contributed by atoms with E-state index in [1.54, 1.807) is 13.1 Å². The first-order valence-electron chi connectivity index (χ1n) is 9.24. The molecule has 9 heteroatoms. The van der Waals surface area contributed by atoms with Gasteiger partial charge < -0.3 is 15.0 Å². The first-order chi connectivity index (χ1) is 12.9. The lowest BCUT2D eigenvalue weighted by atomic mass is 9.87. The third-order valence-corrected chi connectivity index (χ3v) is 6.58. The van der Waals surface area contributed by atoms with Gasteiger partial charge in [0.2, 0.25) is 10.0 Å². The molecular formula is C18H26N4O4S. The van der Waals surface area contributed by atoms with Gasteiger partial charge >= 0.3 is 5.97 Å². The van der Waals surface area contributed by atoms with Crippen LogP contribution in [0.1, 0.15) is 43.0 Å². The van der Waals surface area contributed by atoms with Crippen LogP contribution in [0.3, 0.4) is 0 Å². The van der Waals surface area contributed by atoms with Crippen molar-refractivity contribution in [2.24, 2.45) is 5.92 Å². The van der Waals surface area contributed by atoms with Crippen LogP contribution >= 0.6 is 0 Å². The minimum Gasteiger partial charge on any atom is -0.462 e. The van der Waals surface area contributed by atoms with Crippen LogP contribution in [-0.2, 0) is 14.8 Å². The molecule has 0 aromatic carbocycles. The van der Waals surface area contributed by atoms with Crippen LogP contribution in [0.15, 0.2) is 18.5 Å². The Morgan fingerprint density at radius 1 is 1.33 bits per heavy atom. The molecule has 0 bridgehead atoms. The molecule has 27 heavy (non-hydrogen) atoms. The number of nitrogens with zero attached hydrogens (tertiary/aromatic N) is 1. The molecule has 0 atom stereocenters. The summed E-state index contributed by atoms with van der Waals surface area (Å²) >= 11 is 0. The fourth-order valence-corrected chi connectivity index (χ4v) is 4.72. The number of hydrogen-bond acceptors (Lipinski definition) is 6. The number of ether oxygens (including phenoxy) is 1. The van der Waals surface area contributed by atoms with Gasteiger partial charge in [0.25, 0.3) is 0 Å². The molecule has 3 rings (SSSR count). The van der Waals surface area contributed by atoms with Gasteiger partial charge in [-0.3, -0.25) is 0 Å². The van der Waals surface area contributed by atoms with Crippen molar-refractivity contribution in [3.8, 4) is 0 Å². The number of fused-ring (bicyclic) bond motifs is 1. The van der Waals surface area contributed by atoms with Gasteiger partial charge in [0.05, 0.1) is 18.0 Å². The monoisotopic (exact) mass is 394 g/mol. The number of anilines is 1. The van der Waals surface area contributed by atoms with Crippen LogP contribution in [0.4, 0.5) is 5.69 Å². The second-order valence-corrected chi connectivity index (χ2v) is 8.83. The highest BCUT2D eigenvalue weighted by atomic mass is 32.2. The number of rotatable bonds is 7. The number of aromatic amines is 1. The molecule has 1 saturated carbocycles. The maximum atomic E-state index is 12.3. The SMILES string of the molecule is CCOC(=O)c1cnc2[nH]ccc2c1N[C@H]1CC[C@H](CS(=O)(=O)NC)CC1. The first kappa shape index (κ1) is 19.6. The van der Waals surface area contributed by atoms with Crippen molar-refractivity contribution in [2.75, 3.05) is 24.7 Å². The topological polar surface area (TPSA) is 113 Å². The molecule has 2 aromatic rings. The highest BCUT2D eigenvalue weighted by Gasteiger charge is 2.27. The van der Waals surface area contributed by atoms with Crippen LogP contribution in [0, 0.1) is 5.92 Å². The maximum absolute atomic E-state index is 12.3. The normalized spacial score (nSPS) is 20.5. The minimum atomic E-state index is -3.19. The molecule has 1 aliphatic rings. The summed E-state index contributed by atoms with van der Waals surface area (Å²) in [5, 5.41) is 4.34. The van der Waals surface area contributed by atoms with Gasteiger partial charge in [-0.1, -0.05) is 0 Å². The summed E-state index contributed by atoms with van der Waals surface area (Å²) in [5.74, 6) is -0.0686. The molecular weight excluding hydrogens is 368 g/mol. The Balaban J connectivity index is 1.74. The van der Waals surface area contributed by atoms with Crippen molar-refractivity contribution in [1.82, 2.24) is 14.7 Å². The van der Waals surface area contributed by atoms with Crippen LogP contribution < -0.4 is 10.0 Å².